The van der Waals surface area contributed by atoms with E-state index in [1.807, 2.05) is 0 Å². The summed E-state index contributed by atoms with van der Waals surface area (Å²) in [6, 6.07) is 0. The Morgan fingerprint density at radius 2 is 0.947 bits per heavy atom. The first-order chi connectivity index (χ1) is 8.24. The van der Waals surface area contributed by atoms with E-state index in [-0.39, 0.29) is 0 Å². The van der Waals surface area contributed by atoms with Crippen molar-refractivity contribution in [1.29, 1.82) is 0 Å². The van der Waals surface area contributed by atoms with Crippen molar-refractivity contribution in [2.45, 2.75) is 18.5 Å². The van der Waals surface area contributed by atoms with Crippen LogP contribution in [0.4, 0.5) is 45.5 Å². The first-order valence-corrected chi connectivity index (χ1v) is 4.13. The fourth-order valence-electron chi connectivity index (χ4n) is 1.16. The second kappa shape index (κ2) is 4.13. The molecular weight excluding hydrogens is 297 g/mol. The highest BCUT2D eigenvalue weighted by atomic mass is 19.4. The molecule has 0 aliphatic rings. The van der Waals surface area contributed by atoms with Crippen molar-refractivity contribution in [3.8, 4) is 0 Å². The maximum Gasteiger partial charge on any atom is 0.434 e. The summed E-state index contributed by atoms with van der Waals surface area (Å²) in [7, 11) is 0. The number of nitrogen functional groups attached to an aromatic ring is 1. The number of nitrogens with zero attached hydrogens (tertiary/aromatic N) is 2. The third kappa shape index (κ3) is 3.17. The number of nitrogens with two attached hydrogens (primary N) is 1. The van der Waals surface area contributed by atoms with Crippen LogP contribution in [0.5, 0.6) is 0 Å². The molecule has 1 heterocycles. The van der Waals surface area contributed by atoms with Crippen LogP contribution in [0, 0.1) is 0 Å². The van der Waals surface area contributed by atoms with Gasteiger partial charge in [-0.1, -0.05) is 0 Å². The Balaban J connectivity index is 3.80. The highest BCUT2D eigenvalue weighted by Crippen LogP contribution is 2.45. The molecule has 0 radical (unpaired) electrons. The average Bonchev–Trinajstić information content (AvgIpc) is 2.11. The van der Waals surface area contributed by atoms with Crippen molar-refractivity contribution in [3.05, 3.63) is 17.0 Å². The van der Waals surface area contributed by atoms with Crippen molar-refractivity contribution in [2.24, 2.45) is 0 Å². The number of aromatic nitrogens is 2. The van der Waals surface area contributed by atoms with E-state index < -0.39 is 41.4 Å². The predicted molar refractivity (Wildman–Crippen MR) is 41.5 cm³/mol. The summed E-state index contributed by atoms with van der Waals surface area (Å²) in [6.45, 7) is 0. The van der Waals surface area contributed by atoms with Gasteiger partial charge in [-0.3, -0.25) is 0 Å². The molecule has 1 aromatic heterocycles. The average molecular weight is 299 g/mol. The molecule has 0 unspecified atom stereocenters. The van der Waals surface area contributed by atoms with Gasteiger partial charge >= 0.3 is 18.5 Å². The molecule has 0 bridgehead atoms. The van der Waals surface area contributed by atoms with E-state index in [4.69, 9.17) is 0 Å². The molecule has 1 rings (SSSR count). The molecule has 0 fully saturated rings. The smallest absolute Gasteiger partial charge is 0.368 e. The Kier molecular flexibility index (Phi) is 3.33. The van der Waals surface area contributed by atoms with Crippen LogP contribution in [0.15, 0.2) is 0 Å². The van der Waals surface area contributed by atoms with E-state index in [2.05, 4.69) is 15.7 Å². The quantitative estimate of drug-likeness (QED) is 0.749. The number of anilines is 1. The van der Waals surface area contributed by atoms with Crippen LogP contribution < -0.4 is 5.73 Å². The van der Waals surface area contributed by atoms with Gasteiger partial charge in [0.1, 0.15) is 5.56 Å². The molecule has 19 heavy (non-hydrogen) atoms. The van der Waals surface area contributed by atoms with E-state index in [0.29, 0.717) is 0 Å². The fraction of sp³-hybridized carbons (Fsp3) is 0.429. The lowest BCUT2D eigenvalue weighted by molar-refractivity contribution is -0.178. The summed E-state index contributed by atoms with van der Waals surface area (Å²) >= 11 is 0. The highest BCUT2D eigenvalue weighted by molar-refractivity contribution is 5.37. The molecule has 0 atom stereocenters. The minimum Gasteiger partial charge on any atom is -0.368 e. The SMILES string of the molecule is Nc1nc(C(F)(F)F)c(C(F)(F)F)c(C(F)(F)F)n1. The van der Waals surface area contributed by atoms with Gasteiger partial charge in [-0.05, 0) is 0 Å². The van der Waals surface area contributed by atoms with E-state index in [1.54, 1.807) is 0 Å². The molecule has 1 aromatic rings. The van der Waals surface area contributed by atoms with Gasteiger partial charge in [-0.2, -0.15) is 39.5 Å². The van der Waals surface area contributed by atoms with Gasteiger partial charge in [0.05, 0.1) is 0 Å². The minimum atomic E-state index is -5.94. The van der Waals surface area contributed by atoms with E-state index in [0.717, 1.165) is 0 Å². The molecule has 0 aliphatic carbocycles. The van der Waals surface area contributed by atoms with Gasteiger partial charge in [-0.15, -0.1) is 0 Å². The van der Waals surface area contributed by atoms with Gasteiger partial charge in [0.2, 0.25) is 5.95 Å². The molecular formula is C7H2F9N3. The van der Waals surface area contributed by atoms with Crippen molar-refractivity contribution in [2.75, 3.05) is 5.73 Å². The van der Waals surface area contributed by atoms with Crippen molar-refractivity contribution in [3.63, 3.8) is 0 Å². The zero-order valence-electron chi connectivity index (χ0n) is 8.37. The van der Waals surface area contributed by atoms with Gasteiger partial charge < -0.3 is 5.73 Å². The Labute approximate surface area is 97.8 Å². The van der Waals surface area contributed by atoms with Gasteiger partial charge in [0.15, 0.2) is 11.4 Å². The second-order valence-electron chi connectivity index (χ2n) is 3.15. The molecule has 0 saturated heterocycles. The van der Waals surface area contributed by atoms with Gasteiger partial charge in [0.25, 0.3) is 0 Å². The van der Waals surface area contributed by atoms with E-state index in [9.17, 15) is 39.5 Å². The van der Waals surface area contributed by atoms with Crippen LogP contribution in [0.25, 0.3) is 0 Å². The zero-order chi connectivity index (χ0) is 15.2. The number of halogens is 9. The first-order valence-electron chi connectivity index (χ1n) is 4.13. The van der Waals surface area contributed by atoms with E-state index >= 15 is 0 Å². The monoisotopic (exact) mass is 299 g/mol. The Hall–Kier alpha value is -1.75. The number of alkyl halides is 9. The number of hydrogen-bond acceptors (Lipinski definition) is 3. The Bertz CT molecular complexity index is 449. The highest BCUT2D eigenvalue weighted by Gasteiger charge is 2.52. The van der Waals surface area contributed by atoms with Crippen molar-refractivity contribution in [1.82, 2.24) is 9.97 Å². The summed E-state index contributed by atoms with van der Waals surface area (Å²) in [4.78, 5) is 4.41. The Morgan fingerprint density at radius 3 is 1.16 bits per heavy atom. The molecule has 2 N–H and O–H groups in total. The zero-order valence-corrected chi connectivity index (χ0v) is 8.37. The standard InChI is InChI=1S/C7H2F9N3/c8-5(9,10)1-2(6(11,12)13)18-4(17)19-3(1)7(14,15)16/h(H2,17,18,19). The van der Waals surface area contributed by atoms with Crippen molar-refractivity contribution < 1.29 is 39.5 Å². The molecule has 3 nitrogen and oxygen atoms in total. The molecule has 0 spiro atoms. The molecule has 0 aliphatic heterocycles. The van der Waals surface area contributed by atoms with Crippen LogP contribution in [0.2, 0.25) is 0 Å². The predicted octanol–water partition coefficient (Wildman–Crippen LogP) is 3.12. The molecule has 0 aromatic carbocycles. The van der Waals surface area contributed by atoms with Crippen LogP contribution in [-0.2, 0) is 18.5 Å². The normalized spacial score (nSPS) is 13.7. The Morgan fingerprint density at radius 1 is 0.632 bits per heavy atom. The maximum atomic E-state index is 12.4. The van der Waals surface area contributed by atoms with Crippen LogP contribution in [-0.4, -0.2) is 9.97 Å². The fourth-order valence-corrected chi connectivity index (χ4v) is 1.16. The first kappa shape index (κ1) is 15.3. The lowest BCUT2D eigenvalue weighted by Crippen LogP contribution is -2.26. The molecule has 12 heteroatoms. The largest absolute Gasteiger partial charge is 0.434 e. The van der Waals surface area contributed by atoms with Gasteiger partial charge in [0, 0.05) is 0 Å². The van der Waals surface area contributed by atoms with Crippen LogP contribution in [0.1, 0.15) is 17.0 Å². The summed E-state index contributed by atoms with van der Waals surface area (Å²) in [5.74, 6) is -1.56. The molecule has 0 amide bonds. The third-order valence-electron chi connectivity index (χ3n) is 1.75. The third-order valence-corrected chi connectivity index (χ3v) is 1.75. The second-order valence-corrected chi connectivity index (χ2v) is 3.15. The maximum absolute atomic E-state index is 12.4. The van der Waals surface area contributed by atoms with Crippen LogP contribution >= 0.6 is 0 Å². The minimum absolute atomic E-state index is 1.56. The molecule has 108 valence electrons. The summed E-state index contributed by atoms with van der Waals surface area (Å²) in [5, 5.41) is 0. The topological polar surface area (TPSA) is 51.8 Å². The number of rotatable bonds is 0. The van der Waals surface area contributed by atoms with Crippen LogP contribution in [0.3, 0.4) is 0 Å². The lowest BCUT2D eigenvalue weighted by Gasteiger charge is -2.19. The summed E-state index contributed by atoms with van der Waals surface area (Å²) < 4.78 is 111. The summed E-state index contributed by atoms with van der Waals surface area (Å²) in [6.07, 6.45) is -17.5. The summed E-state index contributed by atoms with van der Waals surface area (Å²) in [5.41, 5.74) is -3.99. The van der Waals surface area contributed by atoms with Crippen molar-refractivity contribution >= 4 is 5.95 Å². The molecule has 0 saturated carbocycles. The van der Waals surface area contributed by atoms with E-state index in [1.165, 1.54) is 0 Å². The lowest BCUT2D eigenvalue weighted by atomic mass is 10.1. The number of hydrogen-bond donors (Lipinski definition) is 1. The van der Waals surface area contributed by atoms with Gasteiger partial charge in [-0.25, -0.2) is 9.97 Å².